The molecule has 0 aromatic heterocycles. The minimum atomic E-state index is -4.94. The van der Waals surface area contributed by atoms with E-state index in [1.54, 1.807) is 12.1 Å². The zero-order valence-electron chi connectivity index (χ0n) is 17.2. The average Bonchev–Trinajstić information content (AvgIpc) is 2.58. The highest BCUT2D eigenvalue weighted by atomic mass is 19.4. The number of hydrogen-bond donors (Lipinski definition) is 2. The first-order chi connectivity index (χ1) is 13.3. The second-order valence-electron chi connectivity index (χ2n) is 8.11. The number of aryl methyl sites for hydroxylation is 2. The summed E-state index contributed by atoms with van der Waals surface area (Å²) in [6.45, 7) is 6.56. The molecule has 0 bridgehead atoms. The van der Waals surface area contributed by atoms with E-state index in [-0.39, 0.29) is 17.9 Å². The SMILES string of the molecule is COc1ccc(F)cc1C(C)(C)CC(O)(NCc1cc(C)cc(C)c1)C(F)(F)F. The van der Waals surface area contributed by atoms with Crippen LogP contribution >= 0.6 is 0 Å². The van der Waals surface area contributed by atoms with Gasteiger partial charge in [-0.1, -0.05) is 43.2 Å². The van der Waals surface area contributed by atoms with Crippen LogP contribution in [0.1, 0.15) is 42.5 Å². The van der Waals surface area contributed by atoms with Crippen LogP contribution in [0, 0.1) is 19.7 Å². The summed E-state index contributed by atoms with van der Waals surface area (Å²) < 4.78 is 60.5. The Balaban J connectivity index is 2.35. The van der Waals surface area contributed by atoms with E-state index in [2.05, 4.69) is 5.32 Å². The lowest BCUT2D eigenvalue weighted by atomic mass is 9.77. The summed E-state index contributed by atoms with van der Waals surface area (Å²) in [5.41, 5.74) is -1.70. The first-order valence-corrected chi connectivity index (χ1v) is 9.23. The van der Waals surface area contributed by atoms with Crippen LogP contribution < -0.4 is 10.1 Å². The molecule has 0 aliphatic carbocycles. The van der Waals surface area contributed by atoms with Crippen molar-refractivity contribution in [2.75, 3.05) is 7.11 Å². The fourth-order valence-corrected chi connectivity index (χ4v) is 3.63. The molecule has 29 heavy (non-hydrogen) atoms. The van der Waals surface area contributed by atoms with E-state index in [0.29, 0.717) is 5.56 Å². The largest absolute Gasteiger partial charge is 0.496 e. The normalized spacial score (nSPS) is 14.6. The molecule has 0 saturated carbocycles. The lowest BCUT2D eigenvalue weighted by molar-refractivity contribution is -0.280. The molecule has 0 saturated heterocycles. The number of aliphatic hydroxyl groups is 1. The van der Waals surface area contributed by atoms with Gasteiger partial charge < -0.3 is 9.84 Å². The number of methoxy groups -OCH3 is 1. The minimum absolute atomic E-state index is 0.172. The van der Waals surface area contributed by atoms with Gasteiger partial charge in [0.2, 0.25) is 5.72 Å². The highest BCUT2D eigenvalue weighted by Crippen LogP contribution is 2.42. The Morgan fingerprint density at radius 1 is 1.00 bits per heavy atom. The van der Waals surface area contributed by atoms with Crippen molar-refractivity contribution in [3.05, 3.63) is 64.5 Å². The van der Waals surface area contributed by atoms with Gasteiger partial charge in [0.1, 0.15) is 11.6 Å². The fraction of sp³-hybridized carbons (Fsp3) is 0.455. The van der Waals surface area contributed by atoms with E-state index < -0.39 is 29.6 Å². The second kappa shape index (κ2) is 8.32. The van der Waals surface area contributed by atoms with Gasteiger partial charge in [-0.25, -0.2) is 4.39 Å². The number of rotatable bonds is 7. The summed E-state index contributed by atoms with van der Waals surface area (Å²) in [5.74, 6) is -0.331. The molecule has 2 N–H and O–H groups in total. The number of alkyl halides is 3. The average molecular weight is 413 g/mol. The van der Waals surface area contributed by atoms with Crippen LogP contribution in [0.2, 0.25) is 0 Å². The number of ether oxygens (including phenoxy) is 1. The predicted molar refractivity (Wildman–Crippen MR) is 104 cm³/mol. The van der Waals surface area contributed by atoms with E-state index >= 15 is 0 Å². The molecule has 1 atom stereocenters. The Kier molecular flexibility index (Phi) is 6.65. The predicted octanol–water partition coefficient (Wildman–Crippen LogP) is 5.16. The van der Waals surface area contributed by atoms with E-state index in [1.807, 2.05) is 19.9 Å². The van der Waals surface area contributed by atoms with E-state index in [9.17, 15) is 22.7 Å². The Labute approximate surface area is 168 Å². The molecule has 2 aromatic rings. The Morgan fingerprint density at radius 3 is 2.10 bits per heavy atom. The van der Waals surface area contributed by atoms with Crippen molar-refractivity contribution >= 4 is 0 Å². The van der Waals surface area contributed by atoms with Crippen molar-refractivity contribution in [1.29, 1.82) is 0 Å². The maximum atomic E-state index is 13.9. The van der Waals surface area contributed by atoms with Gasteiger partial charge in [0.05, 0.1) is 7.11 Å². The Hall–Kier alpha value is -2.12. The van der Waals surface area contributed by atoms with Crippen molar-refractivity contribution in [2.24, 2.45) is 0 Å². The van der Waals surface area contributed by atoms with Crippen LogP contribution in [0.5, 0.6) is 5.75 Å². The molecule has 0 radical (unpaired) electrons. The molecule has 0 aliphatic rings. The molecule has 7 heteroatoms. The number of hydrogen-bond acceptors (Lipinski definition) is 3. The first-order valence-electron chi connectivity index (χ1n) is 9.23. The lowest BCUT2D eigenvalue weighted by Gasteiger charge is -2.39. The van der Waals surface area contributed by atoms with E-state index in [1.165, 1.54) is 33.1 Å². The van der Waals surface area contributed by atoms with Crippen molar-refractivity contribution in [2.45, 2.75) is 58.0 Å². The molecule has 2 rings (SSSR count). The molecule has 160 valence electrons. The van der Waals surface area contributed by atoms with E-state index in [0.717, 1.165) is 17.2 Å². The second-order valence-corrected chi connectivity index (χ2v) is 8.11. The highest BCUT2D eigenvalue weighted by Gasteiger charge is 2.56. The van der Waals surface area contributed by atoms with Crippen molar-refractivity contribution in [3.63, 3.8) is 0 Å². The lowest BCUT2D eigenvalue weighted by Crippen LogP contribution is -2.59. The van der Waals surface area contributed by atoms with Gasteiger partial charge in [0.25, 0.3) is 0 Å². The number of benzene rings is 2. The molecule has 2 aromatic carbocycles. The quantitative estimate of drug-likeness (QED) is 0.487. The molecule has 0 aliphatic heterocycles. The van der Waals surface area contributed by atoms with Gasteiger partial charge in [0.15, 0.2) is 0 Å². The highest BCUT2D eigenvalue weighted by molar-refractivity contribution is 5.39. The molecule has 3 nitrogen and oxygen atoms in total. The summed E-state index contributed by atoms with van der Waals surface area (Å²) in [6.07, 6.45) is -5.67. The number of halogens is 4. The van der Waals surface area contributed by atoms with Gasteiger partial charge in [-0.05, 0) is 43.0 Å². The fourth-order valence-electron chi connectivity index (χ4n) is 3.63. The third-order valence-electron chi connectivity index (χ3n) is 4.92. The summed E-state index contributed by atoms with van der Waals surface area (Å²) in [4.78, 5) is 0. The maximum absolute atomic E-state index is 13.9. The smallest absolute Gasteiger partial charge is 0.431 e. The first kappa shape index (κ1) is 23.2. The van der Waals surface area contributed by atoms with Crippen LogP contribution in [-0.4, -0.2) is 24.1 Å². The van der Waals surface area contributed by atoms with E-state index in [4.69, 9.17) is 4.74 Å². The summed E-state index contributed by atoms with van der Waals surface area (Å²) in [5, 5.41) is 12.9. The van der Waals surface area contributed by atoms with Crippen LogP contribution in [0.4, 0.5) is 17.6 Å². The summed E-state index contributed by atoms with van der Waals surface area (Å²) >= 11 is 0. The van der Waals surface area contributed by atoms with Gasteiger partial charge in [-0.2, -0.15) is 13.2 Å². The Morgan fingerprint density at radius 2 is 1.59 bits per heavy atom. The Bertz CT molecular complexity index is 844. The van der Waals surface area contributed by atoms with Crippen LogP contribution in [-0.2, 0) is 12.0 Å². The van der Waals surface area contributed by atoms with Gasteiger partial charge >= 0.3 is 6.18 Å². The third kappa shape index (κ3) is 5.48. The third-order valence-corrected chi connectivity index (χ3v) is 4.92. The van der Waals surface area contributed by atoms with Gasteiger partial charge in [-0.15, -0.1) is 0 Å². The molecule has 0 fully saturated rings. The topological polar surface area (TPSA) is 41.5 Å². The number of nitrogens with one attached hydrogen (secondary N) is 1. The van der Waals surface area contributed by atoms with Crippen LogP contribution in [0.3, 0.4) is 0 Å². The standard InChI is InChI=1S/C22H27F4NO2/c1-14-8-15(2)10-16(9-14)12-27-21(28,22(24,25)26)13-20(3,4)18-11-17(23)6-7-19(18)29-5/h6-11,27-28H,12-13H2,1-5H3. The minimum Gasteiger partial charge on any atom is -0.496 e. The van der Waals surface area contributed by atoms with Gasteiger partial charge in [-0.3, -0.25) is 5.32 Å². The molecule has 0 spiro atoms. The maximum Gasteiger partial charge on any atom is 0.431 e. The molecular weight excluding hydrogens is 386 g/mol. The zero-order valence-corrected chi connectivity index (χ0v) is 17.2. The molecular formula is C22H27F4NO2. The van der Waals surface area contributed by atoms with Crippen molar-refractivity contribution in [3.8, 4) is 5.75 Å². The molecule has 0 amide bonds. The summed E-state index contributed by atoms with van der Waals surface area (Å²) in [6, 6.07) is 9.11. The van der Waals surface area contributed by atoms with Crippen LogP contribution in [0.15, 0.2) is 36.4 Å². The molecule has 0 heterocycles. The summed E-state index contributed by atoms with van der Waals surface area (Å²) in [7, 11) is 1.36. The van der Waals surface area contributed by atoms with Crippen molar-refractivity contribution in [1.82, 2.24) is 5.32 Å². The zero-order chi connectivity index (χ0) is 22.0. The molecule has 1 unspecified atom stereocenters. The van der Waals surface area contributed by atoms with Gasteiger partial charge in [0, 0.05) is 18.5 Å². The van der Waals surface area contributed by atoms with Crippen LogP contribution in [0.25, 0.3) is 0 Å². The van der Waals surface area contributed by atoms with Crippen molar-refractivity contribution < 1.29 is 27.4 Å². The monoisotopic (exact) mass is 413 g/mol.